The number of carbonyl (C=O) groups is 1. The predicted octanol–water partition coefficient (Wildman–Crippen LogP) is 3.96. The van der Waals surface area contributed by atoms with Gasteiger partial charge >= 0.3 is 0 Å². The van der Waals surface area contributed by atoms with E-state index in [9.17, 15) is 4.79 Å². The molecule has 3 fully saturated rings. The average Bonchev–Trinajstić information content (AvgIpc) is 2.98. The molecule has 28 heavy (non-hydrogen) atoms. The van der Waals surface area contributed by atoms with Gasteiger partial charge in [-0.1, -0.05) is 37.6 Å². The minimum absolute atomic E-state index is 0.299. The number of primary amides is 1. The molecule has 4 heteroatoms. The second-order valence-electron chi connectivity index (χ2n) is 9.35. The highest BCUT2D eigenvalue weighted by atomic mass is 16.5. The van der Waals surface area contributed by atoms with Gasteiger partial charge in [0.15, 0.2) is 0 Å². The molecular weight excluding hydrogens is 348 g/mol. The second kappa shape index (κ2) is 7.64. The van der Waals surface area contributed by atoms with Crippen LogP contribution in [0, 0.1) is 23.7 Å². The van der Waals surface area contributed by atoms with Gasteiger partial charge in [0, 0.05) is 44.1 Å². The molecule has 2 unspecified atom stereocenters. The number of rotatable bonds is 5. The van der Waals surface area contributed by atoms with Crippen molar-refractivity contribution in [1.82, 2.24) is 4.90 Å². The Morgan fingerprint density at radius 1 is 1.32 bits per heavy atom. The summed E-state index contributed by atoms with van der Waals surface area (Å²) in [4.78, 5) is 14.4. The Balaban J connectivity index is 1.58. The third-order valence-electron chi connectivity index (χ3n) is 7.66. The van der Waals surface area contributed by atoms with E-state index in [1.54, 1.807) is 6.07 Å². The van der Waals surface area contributed by atoms with Gasteiger partial charge in [-0.2, -0.15) is 0 Å². The van der Waals surface area contributed by atoms with Gasteiger partial charge < -0.3 is 15.4 Å². The number of methoxy groups -OCH3 is 1. The zero-order valence-electron chi connectivity index (χ0n) is 17.3. The zero-order chi connectivity index (χ0) is 19.9. The molecule has 2 aliphatic carbocycles. The Morgan fingerprint density at radius 3 is 2.61 bits per heavy atom. The lowest BCUT2D eigenvalue weighted by molar-refractivity contribution is -0.170. The quantitative estimate of drug-likeness (QED) is 0.784. The number of likely N-dealkylation sites (tertiary alicyclic amines) is 1. The molecule has 4 rings (SSSR count). The van der Waals surface area contributed by atoms with Crippen LogP contribution in [-0.2, 0) is 10.3 Å². The minimum Gasteiger partial charge on any atom is -0.373 e. The van der Waals surface area contributed by atoms with Crippen molar-refractivity contribution in [3.8, 4) is 0 Å². The molecule has 1 aromatic rings. The summed E-state index contributed by atoms with van der Waals surface area (Å²) in [7, 11) is 1.85. The molecule has 1 saturated heterocycles. The van der Waals surface area contributed by atoms with Crippen LogP contribution < -0.4 is 5.73 Å². The molecule has 0 spiro atoms. The van der Waals surface area contributed by atoms with E-state index in [4.69, 9.17) is 10.5 Å². The summed E-state index contributed by atoms with van der Waals surface area (Å²) in [5.74, 6) is 1.96. The lowest BCUT2D eigenvalue weighted by atomic mass is 9.62. The molecule has 1 amide bonds. The standard InChI is InChI=1S/C24H34N2O2/c1-16-10-18(11-17(16)2)13-26-14-21-8-5-9-22(15-26)24(21,28-3)20-7-4-6-19(12-20)23(25)27/h4,6-7,12,17-18,21-22H,1,5,8-11,13-15H2,2-3H3,(H2,25,27)/t17-,18+,21?,22?,24?/m1/s1. The fraction of sp³-hybridized carbons (Fsp3) is 0.625. The van der Waals surface area contributed by atoms with E-state index < -0.39 is 0 Å². The maximum atomic E-state index is 11.7. The molecule has 1 aromatic carbocycles. The summed E-state index contributed by atoms with van der Waals surface area (Å²) in [5.41, 5.74) is 8.39. The van der Waals surface area contributed by atoms with Gasteiger partial charge in [0.1, 0.15) is 5.60 Å². The fourth-order valence-corrected chi connectivity index (χ4v) is 6.34. The number of hydrogen-bond donors (Lipinski definition) is 1. The number of allylic oxidation sites excluding steroid dienone is 1. The largest absolute Gasteiger partial charge is 0.373 e. The summed E-state index contributed by atoms with van der Waals surface area (Å²) < 4.78 is 6.33. The molecule has 3 aliphatic rings. The van der Waals surface area contributed by atoms with Crippen molar-refractivity contribution in [3.05, 3.63) is 47.5 Å². The monoisotopic (exact) mass is 382 g/mol. The van der Waals surface area contributed by atoms with Crippen LogP contribution in [0.25, 0.3) is 0 Å². The van der Waals surface area contributed by atoms with Crippen LogP contribution in [0.1, 0.15) is 54.9 Å². The SMILES string of the molecule is C=C1C[C@H](CN2CC3CCCC(C2)C3(OC)c2cccc(C(N)=O)c2)C[C@H]1C. The molecule has 0 aromatic heterocycles. The van der Waals surface area contributed by atoms with Gasteiger partial charge in [-0.15, -0.1) is 0 Å². The number of amides is 1. The van der Waals surface area contributed by atoms with Gasteiger partial charge in [0.05, 0.1) is 0 Å². The number of nitrogens with two attached hydrogens (primary N) is 1. The maximum absolute atomic E-state index is 11.7. The summed E-state index contributed by atoms with van der Waals surface area (Å²) in [5, 5.41) is 0. The molecule has 4 nitrogen and oxygen atoms in total. The number of benzene rings is 1. The van der Waals surface area contributed by atoms with Gasteiger partial charge in [-0.25, -0.2) is 0 Å². The van der Waals surface area contributed by atoms with E-state index in [0.29, 0.717) is 23.3 Å². The third-order valence-corrected chi connectivity index (χ3v) is 7.66. The highest BCUT2D eigenvalue weighted by Crippen LogP contribution is 2.52. The summed E-state index contributed by atoms with van der Waals surface area (Å²) in [6.07, 6.45) is 6.08. The highest BCUT2D eigenvalue weighted by molar-refractivity contribution is 5.92. The molecule has 4 atom stereocenters. The van der Waals surface area contributed by atoms with Gasteiger partial charge in [-0.05, 0) is 55.2 Å². The van der Waals surface area contributed by atoms with Crippen molar-refractivity contribution >= 4 is 5.91 Å². The molecule has 2 bridgehead atoms. The van der Waals surface area contributed by atoms with Crippen LogP contribution >= 0.6 is 0 Å². The molecule has 152 valence electrons. The van der Waals surface area contributed by atoms with Crippen LogP contribution in [0.3, 0.4) is 0 Å². The smallest absolute Gasteiger partial charge is 0.248 e. The molecule has 1 aliphatic heterocycles. The third kappa shape index (κ3) is 3.31. The van der Waals surface area contributed by atoms with Crippen molar-refractivity contribution in [1.29, 1.82) is 0 Å². The number of nitrogens with zero attached hydrogens (tertiary/aromatic N) is 1. The summed E-state index contributed by atoms with van der Waals surface area (Å²) in [6.45, 7) is 9.89. The Morgan fingerprint density at radius 2 is 2.04 bits per heavy atom. The van der Waals surface area contributed by atoms with Crippen molar-refractivity contribution in [2.75, 3.05) is 26.7 Å². The highest BCUT2D eigenvalue weighted by Gasteiger charge is 2.53. The Hall–Kier alpha value is -1.65. The molecule has 0 radical (unpaired) electrons. The molecule has 2 saturated carbocycles. The number of ether oxygens (including phenoxy) is 1. The Kier molecular flexibility index (Phi) is 5.36. The van der Waals surface area contributed by atoms with E-state index in [1.165, 1.54) is 44.2 Å². The first-order chi connectivity index (χ1) is 13.4. The van der Waals surface area contributed by atoms with Gasteiger partial charge in [0.25, 0.3) is 0 Å². The Bertz CT molecular complexity index is 745. The van der Waals surface area contributed by atoms with Crippen LogP contribution in [0.5, 0.6) is 0 Å². The zero-order valence-corrected chi connectivity index (χ0v) is 17.3. The first-order valence-corrected chi connectivity index (χ1v) is 10.8. The molecule has 1 heterocycles. The lowest BCUT2D eigenvalue weighted by Crippen LogP contribution is -2.59. The first kappa shape index (κ1) is 19.7. The van der Waals surface area contributed by atoms with E-state index in [0.717, 1.165) is 24.6 Å². The van der Waals surface area contributed by atoms with E-state index >= 15 is 0 Å². The molecular formula is C24H34N2O2. The van der Waals surface area contributed by atoms with Crippen molar-refractivity contribution in [3.63, 3.8) is 0 Å². The lowest BCUT2D eigenvalue weighted by Gasteiger charge is -2.55. The first-order valence-electron chi connectivity index (χ1n) is 10.8. The van der Waals surface area contributed by atoms with Crippen molar-refractivity contribution < 1.29 is 9.53 Å². The number of hydrogen-bond acceptors (Lipinski definition) is 3. The number of fused-ring (bicyclic) bond motifs is 2. The number of piperidine rings is 1. The minimum atomic E-state index is -0.369. The summed E-state index contributed by atoms with van der Waals surface area (Å²) in [6, 6.07) is 7.84. The Labute approximate surface area is 169 Å². The van der Waals surface area contributed by atoms with Crippen LogP contribution in [0.2, 0.25) is 0 Å². The van der Waals surface area contributed by atoms with Crippen molar-refractivity contribution in [2.45, 2.75) is 44.6 Å². The predicted molar refractivity (Wildman–Crippen MR) is 112 cm³/mol. The van der Waals surface area contributed by atoms with Gasteiger partial charge in [0.2, 0.25) is 5.91 Å². The average molecular weight is 383 g/mol. The number of carbonyl (C=O) groups excluding carboxylic acids is 1. The van der Waals surface area contributed by atoms with E-state index in [1.807, 2.05) is 19.2 Å². The van der Waals surface area contributed by atoms with E-state index in [-0.39, 0.29) is 11.5 Å². The normalized spacial score (nSPS) is 35.9. The van der Waals surface area contributed by atoms with Crippen LogP contribution in [0.4, 0.5) is 0 Å². The fourth-order valence-electron chi connectivity index (χ4n) is 6.34. The summed E-state index contributed by atoms with van der Waals surface area (Å²) >= 11 is 0. The molecule has 2 N–H and O–H groups in total. The van der Waals surface area contributed by atoms with Crippen LogP contribution in [0.15, 0.2) is 36.4 Å². The van der Waals surface area contributed by atoms with E-state index in [2.05, 4.69) is 24.5 Å². The topological polar surface area (TPSA) is 55.6 Å². The van der Waals surface area contributed by atoms with Crippen LogP contribution in [-0.4, -0.2) is 37.6 Å². The second-order valence-corrected chi connectivity index (χ2v) is 9.35. The maximum Gasteiger partial charge on any atom is 0.248 e. The van der Waals surface area contributed by atoms with Crippen molar-refractivity contribution in [2.24, 2.45) is 29.4 Å². The van der Waals surface area contributed by atoms with Gasteiger partial charge in [-0.3, -0.25) is 4.79 Å².